The molecule has 0 bridgehead atoms. The van der Waals surface area contributed by atoms with E-state index >= 15 is 0 Å². The summed E-state index contributed by atoms with van der Waals surface area (Å²) in [4.78, 5) is 10.5. The first-order chi connectivity index (χ1) is 5.72. The van der Waals surface area contributed by atoms with Gasteiger partial charge >= 0.3 is 18.9 Å². The van der Waals surface area contributed by atoms with Gasteiger partial charge in [0.05, 0.1) is 0 Å². The maximum Gasteiger partial charge on any atom is 1.00 e. The molecule has 0 amide bonds. The maximum atomic E-state index is 10.5. The number of aliphatic carboxylic acids is 1. The van der Waals surface area contributed by atoms with E-state index in [1.165, 1.54) is 12.8 Å². The Labute approximate surface area is 93.3 Å². The Morgan fingerprint density at radius 2 is 1.85 bits per heavy atom. The monoisotopic (exact) mass is 178 g/mol. The minimum absolute atomic E-state index is 0. The maximum absolute atomic E-state index is 10.5. The third kappa shape index (κ3) is 8.40. The molecule has 0 aromatic rings. The summed E-state index contributed by atoms with van der Waals surface area (Å²) in [6.45, 7) is 4.05. The van der Waals surface area contributed by atoms with Crippen molar-refractivity contribution in [2.75, 3.05) is 0 Å². The van der Waals surface area contributed by atoms with Crippen LogP contribution in [0.1, 0.15) is 52.4 Å². The molecule has 72 valence electrons. The number of carbonyl (C=O) groups excluding carboxylic acids is 1. The molecule has 0 saturated heterocycles. The molecule has 0 aliphatic carbocycles. The molecule has 0 aromatic carbocycles. The van der Waals surface area contributed by atoms with E-state index in [9.17, 15) is 9.90 Å². The minimum atomic E-state index is -0.881. The van der Waals surface area contributed by atoms with Gasteiger partial charge in [0.1, 0.15) is 0 Å². The van der Waals surface area contributed by atoms with Gasteiger partial charge in [0, 0.05) is 5.97 Å². The van der Waals surface area contributed by atoms with E-state index in [0.29, 0.717) is 6.42 Å². The second-order valence-corrected chi connectivity index (χ2v) is 3.27. The topological polar surface area (TPSA) is 40.1 Å². The fourth-order valence-electron chi connectivity index (χ4n) is 1.31. The summed E-state index contributed by atoms with van der Waals surface area (Å²) < 4.78 is 0. The summed E-state index contributed by atoms with van der Waals surface area (Å²) >= 11 is 0. The van der Waals surface area contributed by atoms with Gasteiger partial charge in [-0.2, -0.15) is 0 Å². The zero-order valence-electron chi connectivity index (χ0n) is 9.14. The van der Waals surface area contributed by atoms with Crippen molar-refractivity contribution in [3.63, 3.8) is 0 Å². The van der Waals surface area contributed by atoms with E-state index < -0.39 is 5.97 Å². The van der Waals surface area contributed by atoms with E-state index in [-0.39, 0.29) is 24.8 Å². The van der Waals surface area contributed by atoms with Crippen LogP contribution in [-0.4, -0.2) is 5.97 Å². The molecule has 0 N–H and O–H groups in total. The second kappa shape index (κ2) is 10.2. The van der Waals surface area contributed by atoms with Crippen molar-refractivity contribution in [1.29, 1.82) is 0 Å². The molecule has 0 fully saturated rings. The van der Waals surface area contributed by atoms with Crippen molar-refractivity contribution in [3.05, 3.63) is 0 Å². The molecule has 0 heterocycles. The standard InChI is InChI=1S/C10H20O2.Li/c1-3-5-6-7-8-9(4-2)10(11)12;/h9H,3-8H2,1-2H3,(H,11,12);/q;+1/p-1. The largest absolute Gasteiger partial charge is 1.00 e. The van der Waals surface area contributed by atoms with Gasteiger partial charge in [-0.05, 0) is 18.8 Å². The molecule has 3 heteroatoms. The van der Waals surface area contributed by atoms with Gasteiger partial charge in [0.25, 0.3) is 0 Å². The third-order valence-corrected chi connectivity index (χ3v) is 2.23. The minimum Gasteiger partial charge on any atom is -0.550 e. The molecule has 1 unspecified atom stereocenters. The molecule has 0 aliphatic rings. The van der Waals surface area contributed by atoms with Gasteiger partial charge in [-0.3, -0.25) is 0 Å². The summed E-state index contributed by atoms with van der Waals surface area (Å²) in [7, 11) is 0. The van der Waals surface area contributed by atoms with Crippen molar-refractivity contribution in [2.24, 2.45) is 5.92 Å². The molecule has 0 spiro atoms. The second-order valence-electron chi connectivity index (χ2n) is 3.27. The Morgan fingerprint density at radius 3 is 2.23 bits per heavy atom. The van der Waals surface area contributed by atoms with Crippen LogP contribution in [0, 0.1) is 5.92 Å². The van der Waals surface area contributed by atoms with Crippen molar-refractivity contribution in [3.8, 4) is 0 Å². The number of unbranched alkanes of at least 4 members (excludes halogenated alkanes) is 3. The number of carboxylic acids is 1. The number of carboxylic acid groups (broad SMARTS) is 1. The smallest absolute Gasteiger partial charge is 0.550 e. The molecule has 0 radical (unpaired) electrons. The Morgan fingerprint density at radius 1 is 1.23 bits per heavy atom. The molecular weight excluding hydrogens is 159 g/mol. The summed E-state index contributed by atoms with van der Waals surface area (Å²) in [6.07, 6.45) is 6.08. The zero-order chi connectivity index (χ0) is 9.40. The molecule has 0 saturated carbocycles. The molecule has 13 heavy (non-hydrogen) atoms. The van der Waals surface area contributed by atoms with Crippen LogP contribution in [0.5, 0.6) is 0 Å². The van der Waals surface area contributed by atoms with Gasteiger partial charge in [0.2, 0.25) is 0 Å². The number of rotatable bonds is 7. The van der Waals surface area contributed by atoms with Crippen molar-refractivity contribution in [2.45, 2.75) is 52.4 Å². The average Bonchev–Trinajstić information content (AvgIpc) is 2.04. The summed E-state index contributed by atoms with van der Waals surface area (Å²) in [5.41, 5.74) is 0. The van der Waals surface area contributed by atoms with Gasteiger partial charge in [-0.25, -0.2) is 0 Å². The molecule has 0 aromatic heterocycles. The zero-order valence-corrected chi connectivity index (χ0v) is 9.14. The van der Waals surface area contributed by atoms with E-state index in [4.69, 9.17) is 0 Å². The van der Waals surface area contributed by atoms with Crippen molar-refractivity contribution in [1.82, 2.24) is 0 Å². The average molecular weight is 178 g/mol. The van der Waals surface area contributed by atoms with Crippen LogP contribution >= 0.6 is 0 Å². The van der Waals surface area contributed by atoms with Crippen LogP contribution in [0.2, 0.25) is 0 Å². The van der Waals surface area contributed by atoms with Gasteiger partial charge in [0.15, 0.2) is 0 Å². The van der Waals surface area contributed by atoms with Gasteiger partial charge < -0.3 is 9.90 Å². The molecule has 0 aliphatic heterocycles. The van der Waals surface area contributed by atoms with Crippen molar-refractivity contribution >= 4 is 5.97 Å². The van der Waals surface area contributed by atoms with E-state index in [2.05, 4.69) is 6.92 Å². The predicted octanol–water partition coefficient (Wildman–Crippen LogP) is -1.26. The van der Waals surface area contributed by atoms with Crippen LogP contribution in [0.4, 0.5) is 0 Å². The fraction of sp³-hybridized carbons (Fsp3) is 0.900. The first-order valence-electron chi connectivity index (χ1n) is 4.93. The van der Waals surface area contributed by atoms with E-state index in [1.807, 2.05) is 6.92 Å². The Balaban J connectivity index is 0. The van der Waals surface area contributed by atoms with Crippen LogP contribution in [0.25, 0.3) is 0 Å². The molecule has 1 atom stereocenters. The first kappa shape index (κ1) is 15.5. The van der Waals surface area contributed by atoms with Crippen LogP contribution in [-0.2, 0) is 4.79 Å². The molecule has 0 rings (SSSR count). The Bertz CT molecular complexity index is 126. The van der Waals surface area contributed by atoms with Gasteiger partial charge in [-0.1, -0.05) is 39.5 Å². The van der Waals surface area contributed by atoms with E-state index in [0.717, 1.165) is 19.3 Å². The molecular formula is C10H19LiO2. The fourth-order valence-corrected chi connectivity index (χ4v) is 1.31. The van der Waals surface area contributed by atoms with Crippen LogP contribution in [0.3, 0.4) is 0 Å². The summed E-state index contributed by atoms with van der Waals surface area (Å²) in [6, 6.07) is 0. The number of hydrogen-bond donors (Lipinski definition) is 0. The quantitative estimate of drug-likeness (QED) is 0.360. The first-order valence-corrected chi connectivity index (χ1v) is 4.93. The Hall–Kier alpha value is 0.0674. The predicted molar refractivity (Wildman–Crippen MR) is 47.5 cm³/mol. The molecule has 2 nitrogen and oxygen atoms in total. The van der Waals surface area contributed by atoms with Crippen LogP contribution < -0.4 is 24.0 Å². The summed E-state index contributed by atoms with van der Waals surface area (Å²) in [5.74, 6) is -1.10. The van der Waals surface area contributed by atoms with Crippen LogP contribution in [0.15, 0.2) is 0 Å². The number of hydrogen-bond acceptors (Lipinski definition) is 2. The van der Waals surface area contributed by atoms with Gasteiger partial charge in [-0.15, -0.1) is 0 Å². The third-order valence-electron chi connectivity index (χ3n) is 2.23. The normalized spacial score (nSPS) is 11.8. The number of carbonyl (C=O) groups is 1. The SMILES string of the molecule is CCCCCCC(CC)C(=O)[O-].[Li+]. The summed E-state index contributed by atoms with van der Waals surface area (Å²) in [5, 5.41) is 10.5. The van der Waals surface area contributed by atoms with Crippen molar-refractivity contribution < 1.29 is 28.8 Å². The van der Waals surface area contributed by atoms with E-state index in [1.54, 1.807) is 0 Å². The Kier molecular flexibility index (Phi) is 12.1.